The normalized spacial score (nSPS) is 14.3. The third-order valence-corrected chi connectivity index (χ3v) is 5.45. The Morgan fingerprint density at radius 1 is 1.15 bits per heavy atom. The number of nitrogens with zero attached hydrogens (tertiary/aromatic N) is 1. The zero-order valence-corrected chi connectivity index (χ0v) is 12.2. The van der Waals surface area contributed by atoms with E-state index in [9.17, 15) is 8.42 Å². The minimum Gasteiger partial charge on any atom is -0.398 e. The van der Waals surface area contributed by atoms with Crippen LogP contribution < -0.4 is 10.0 Å². The van der Waals surface area contributed by atoms with Crippen molar-refractivity contribution in [2.45, 2.75) is 11.3 Å². The van der Waals surface area contributed by atoms with Gasteiger partial charge in [0, 0.05) is 22.8 Å². The molecule has 0 saturated carbocycles. The predicted molar refractivity (Wildman–Crippen MR) is 80.5 cm³/mol. The van der Waals surface area contributed by atoms with Crippen molar-refractivity contribution in [1.29, 1.82) is 0 Å². The molecule has 6 heteroatoms. The molecular formula is C14H13ClN2O2S. The number of nitrogen functional groups attached to an aromatic ring is 1. The van der Waals surface area contributed by atoms with Crippen molar-refractivity contribution >= 4 is 33.0 Å². The van der Waals surface area contributed by atoms with Crippen LogP contribution in [-0.4, -0.2) is 15.0 Å². The van der Waals surface area contributed by atoms with E-state index in [0.717, 1.165) is 5.56 Å². The summed E-state index contributed by atoms with van der Waals surface area (Å²) in [6.07, 6.45) is 0.627. The molecule has 0 saturated heterocycles. The maximum atomic E-state index is 12.7. The van der Waals surface area contributed by atoms with Gasteiger partial charge in [-0.2, -0.15) is 0 Å². The van der Waals surface area contributed by atoms with Crippen molar-refractivity contribution in [3.8, 4) is 0 Å². The average Bonchev–Trinajstić information content (AvgIpc) is 2.85. The Labute approximate surface area is 122 Å². The van der Waals surface area contributed by atoms with Crippen molar-refractivity contribution < 1.29 is 8.42 Å². The van der Waals surface area contributed by atoms with E-state index >= 15 is 0 Å². The van der Waals surface area contributed by atoms with E-state index in [-0.39, 0.29) is 4.90 Å². The van der Waals surface area contributed by atoms with Crippen LogP contribution in [0.25, 0.3) is 0 Å². The molecule has 4 nitrogen and oxygen atoms in total. The van der Waals surface area contributed by atoms with Gasteiger partial charge in [-0.3, -0.25) is 4.31 Å². The van der Waals surface area contributed by atoms with Crippen LogP contribution in [0.15, 0.2) is 47.4 Å². The van der Waals surface area contributed by atoms with Crippen LogP contribution in [0.1, 0.15) is 5.56 Å². The maximum absolute atomic E-state index is 12.7. The fraction of sp³-hybridized carbons (Fsp3) is 0.143. The molecule has 20 heavy (non-hydrogen) atoms. The first-order valence-corrected chi connectivity index (χ1v) is 7.97. The highest BCUT2D eigenvalue weighted by Crippen LogP contribution is 2.36. The van der Waals surface area contributed by atoms with Gasteiger partial charge < -0.3 is 5.73 Å². The summed E-state index contributed by atoms with van der Waals surface area (Å²) in [5.74, 6) is 0. The Hall–Kier alpha value is -1.72. The Bertz CT molecular complexity index is 774. The molecule has 2 aromatic rings. The fourth-order valence-electron chi connectivity index (χ4n) is 2.44. The highest BCUT2D eigenvalue weighted by Gasteiger charge is 2.31. The van der Waals surface area contributed by atoms with Crippen LogP contribution in [0.5, 0.6) is 0 Å². The molecule has 2 aromatic carbocycles. The van der Waals surface area contributed by atoms with Crippen LogP contribution in [0.2, 0.25) is 5.02 Å². The largest absolute Gasteiger partial charge is 0.398 e. The second kappa shape index (κ2) is 4.68. The Balaban J connectivity index is 2.10. The second-order valence-corrected chi connectivity index (χ2v) is 6.93. The molecule has 1 aliphatic rings. The Morgan fingerprint density at radius 3 is 2.65 bits per heavy atom. The molecular weight excluding hydrogens is 296 g/mol. The van der Waals surface area contributed by atoms with Crippen LogP contribution in [0, 0.1) is 0 Å². The molecule has 0 spiro atoms. The summed E-state index contributed by atoms with van der Waals surface area (Å²) in [7, 11) is -3.60. The van der Waals surface area contributed by atoms with Crippen molar-refractivity contribution in [3.63, 3.8) is 0 Å². The molecule has 1 aliphatic heterocycles. The summed E-state index contributed by atoms with van der Waals surface area (Å²) in [4.78, 5) is 0.195. The number of anilines is 2. The number of rotatable bonds is 2. The summed E-state index contributed by atoms with van der Waals surface area (Å²) in [5, 5.41) is 0.401. The van der Waals surface area contributed by atoms with E-state index in [0.29, 0.717) is 29.4 Å². The molecule has 104 valence electrons. The van der Waals surface area contributed by atoms with E-state index in [1.807, 2.05) is 0 Å². The Kier molecular flexibility index (Phi) is 3.11. The van der Waals surface area contributed by atoms with Gasteiger partial charge in [-0.15, -0.1) is 0 Å². The standard InChI is InChI=1S/C14H13ClN2O2S/c15-10-3-1-4-11(9-10)20(18,19)17-8-7-12-13(16)5-2-6-14(12)17/h1-6,9H,7-8,16H2. The van der Waals surface area contributed by atoms with Gasteiger partial charge in [0.15, 0.2) is 0 Å². The molecule has 0 aliphatic carbocycles. The molecule has 0 fully saturated rings. The van der Waals surface area contributed by atoms with Gasteiger partial charge in [0.25, 0.3) is 10.0 Å². The second-order valence-electron chi connectivity index (χ2n) is 4.63. The molecule has 2 N–H and O–H groups in total. The first-order chi connectivity index (χ1) is 9.50. The van der Waals surface area contributed by atoms with E-state index in [4.69, 9.17) is 17.3 Å². The summed E-state index contributed by atoms with van der Waals surface area (Å²) in [5.41, 5.74) is 8.07. The third kappa shape index (κ3) is 2.03. The lowest BCUT2D eigenvalue weighted by molar-refractivity contribution is 0.592. The van der Waals surface area contributed by atoms with Gasteiger partial charge in [0.05, 0.1) is 10.6 Å². The SMILES string of the molecule is Nc1cccc2c1CCN2S(=O)(=O)c1cccc(Cl)c1. The van der Waals surface area contributed by atoms with Gasteiger partial charge in [0.2, 0.25) is 0 Å². The zero-order valence-electron chi connectivity index (χ0n) is 10.6. The first kappa shape index (κ1) is 13.3. The summed E-state index contributed by atoms with van der Waals surface area (Å²) in [6.45, 7) is 0.401. The van der Waals surface area contributed by atoms with Crippen LogP contribution >= 0.6 is 11.6 Å². The van der Waals surface area contributed by atoms with E-state index < -0.39 is 10.0 Å². The highest BCUT2D eigenvalue weighted by molar-refractivity contribution is 7.92. The molecule has 0 atom stereocenters. The van der Waals surface area contributed by atoms with E-state index in [1.54, 1.807) is 36.4 Å². The lowest BCUT2D eigenvalue weighted by atomic mass is 10.1. The number of halogens is 1. The first-order valence-electron chi connectivity index (χ1n) is 6.16. The molecule has 1 heterocycles. The maximum Gasteiger partial charge on any atom is 0.264 e. The van der Waals surface area contributed by atoms with Crippen molar-refractivity contribution in [2.24, 2.45) is 0 Å². The van der Waals surface area contributed by atoms with Crippen molar-refractivity contribution in [1.82, 2.24) is 0 Å². The number of fused-ring (bicyclic) bond motifs is 1. The lowest BCUT2D eigenvalue weighted by Crippen LogP contribution is -2.29. The quantitative estimate of drug-likeness (QED) is 0.868. The number of benzene rings is 2. The minimum atomic E-state index is -3.60. The smallest absolute Gasteiger partial charge is 0.264 e. The van der Waals surface area contributed by atoms with Crippen LogP contribution in [0.4, 0.5) is 11.4 Å². The van der Waals surface area contributed by atoms with E-state index in [2.05, 4.69) is 0 Å². The van der Waals surface area contributed by atoms with Crippen molar-refractivity contribution in [2.75, 3.05) is 16.6 Å². The lowest BCUT2D eigenvalue weighted by Gasteiger charge is -2.19. The molecule has 0 unspecified atom stereocenters. The Morgan fingerprint density at radius 2 is 1.90 bits per heavy atom. The summed E-state index contributed by atoms with van der Waals surface area (Å²) in [6, 6.07) is 11.6. The predicted octanol–water partition coefficient (Wildman–Crippen LogP) is 2.67. The summed E-state index contributed by atoms with van der Waals surface area (Å²) >= 11 is 5.88. The monoisotopic (exact) mass is 308 g/mol. The van der Waals surface area contributed by atoms with Crippen LogP contribution in [0.3, 0.4) is 0 Å². The van der Waals surface area contributed by atoms with Gasteiger partial charge in [0.1, 0.15) is 0 Å². The highest BCUT2D eigenvalue weighted by atomic mass is 35.5. The fourth-order valence-corrected chi connectivity index (χ4v) is 4.23. The molecule has 3 rings (SSSR count). The van der Waals surface area contributed by atoms with Gasteiger partial charge in [-0.25, -0.2) is 8.42 Å². The number of hydrogen-bond donors (Lipinski definition) is 1. The number of sulfonamides is 1. The zero-order chi connectivity index (χ0) is 14.3. The average molecular weight is 309 g/mol. The third-order valence-electron chi connectivity index (χ3n) is 3.41. The topological polar surface area (TPSA) is 63.4 Å². The van der Waals surface area contributed by atoms with E-state index in [1.165, 1.54) is 10.4 Å². The van der Waals surface area contributed by atoms with Gasteiger partial charge in [-0.05, 0) is 36.8 Å². The number of hydrogen-bond acceptors (Lipinski definition) is 3. The molecule has 0 bridgehead atoms. The van der Waals surface area contributed by atoms with Gasteiger partial charge in [-0.1, -0.05) is 23.7 Å². The van der Waals surface area contributed by atoms with Gasteiger partial charge >= 0.3 is 0 Å². The molecule has 0 radical (unpaired) electrons. The molecule has 0 amide bonds. The minimum absolute atomic E-state index is 0.195. The van der Waals surface area contributed by atoms with Crippen molar-refractivity contribution in [3.05, 3.63) is 53.1 Å². The number of nitrogens with two attached hydrogens (primary N) is 1. The molecule has 0 aromatic heterocycles. The summed E-state index contributed by atoms with van der Waals surface area (Å²) < 4.78 is 26.8. The van der Waals surface area contributed by atoms with Crippen LogP contribution in [-0.2, 0) is 16.4 Å².